The Morgan fingerprint density at radius 3 is 1.66 bits per heavy atom. The predicted octanol–water partition coefficient (Wildman–Crippen LogP) is 9.05. The van der Waals surface area contributed by atoms with Crippen molar-refractivity contribution in [2.75, 3.05) is 13.1 Å². The second-order valence-electron chi connectivity index (χ2n) is 10.2. The maximum Gasteiger partial charge on any atom is 0.265 e. The number of benzene rings is 2. The predicted molar refractivity (Wildman–Crippen MR) is 188 cm³/mol. The van der Waals surface area contributed by atoms with Gasteiger partial charge in [-0.3, -0.25) is 19.4 Å². The van der Waals surface area contributed by atoms with Crippen LogP contribution in [0.25, 0.3) is 42.5 Å². The van der Waals surface area contributed by atoms with E-state index >= 15 is 0 Å². The summed E-state index contributed by atoms with van der Waals surface area (Å²) in [5, 5.41) is 0.275. The number of ether oxygens (including phenoxy) is 1. The standard InChI is InChI=1S/C35H26N2O3S4/c1-3-36-33(38)26(34(39)37(4-2)35(36)41)18-25-20-30-32(43-25)31-29(44-30)19-24(42-31)15-21-16-27(22-11-7-5-8-12-22)40-28(17-21)23-13-9-6-10-14-23/h5-20H,3-4H2,1-2H3. The van der Waals surface area contributed by atoms with Crippen LogP contribution in [0.15, 0.2) is 96.1 Å². The summed E-state index contributed by atoms with van der Waals surface area (Å²) in [6.45, 7) is 4.57. The molecule has 0 spiro atoms. The number of allylic oxidation sites excluding steroid dienone is 3. The van der Waals surface area contributed by atoms with Gasteiger partial charge in [-0.15, -0.1) is 34.0 Å². The van der Waals surface area contributed by atoms with E-state index in [4.69, 9.17) is 17.0 Å². The van der Waals surface area contributed by atoms with Gasteiger partial charge in [0, 0.05) is 43.4 Å². The normalized spacial score (nSPS) is 15.6. The third-order valence-electron chi connectivity index (χ3n) is 7.43. The van der Waals surface area contributed by atoms with Gasteiger partial charge in [-0.2, -0.15) is 0 Å². The molecule has 5 aromatic rings. The molecular formula is C35H26N2O3S4. The summed E-state index contributed by atoms with van der Waals surface area (Å²) in [6.07, 6.45) is 8.10. The molecular weight excluding hydrogens is 625 g/mol. The molecule has 1 fully saturated rings. The number of carbonyl (C=O) groups excluding carboxylic acids is 2. The molecule has 7 rings (SSSR count). The zero-order chi connectivity index (χ0) is 30.4. The second-order valence-corrected chi connectivity index (χ2v) is 13.8. The molecule has 0 unspecified atom stereocenters. The van der Waals surface area contributed by atoms with Crippen LogP contribution in [-0.4, -0.2) is 39.8 Å². The molecule has 44 heavy (non-hydrogen) atoms. The van der Waals surface area contributed by atoms with Crippen LogP contribution >= 0.6 is 46.2 Å². The number of hydrogen-bond donors (Lipinski definition) is 0. The summed E-state index contributed by atoms with van der Waals surface area (Å²) < 4.78 is 11.1. The van der Waals surface area contributed by atoms with Crippen LogP contribution in [0.3, 0.4) is 0 Å². The molecule has 1 saturated heterocycles. The van der Waals surface area contributed by atoms with E-state index in [1.54, 1.807) is 40.1 Å². The topological polar surface area (TPSA) is 49.9 Å². The van der Waals surface area contributed by atoms with Crippen molar-refractivity contribution < 1.29 is 14.3 Å². The van der Waals surface area contributed by atoms with Gasteiger partial charge in [0.05, 0.1) is 9.40 Å². The molecule has 0 aliphatic carbocycles. The van der Waals surface area contributed by atoms with Crippen LogP contribution in [0.4, 0.5) is 0 Å². The lowest BCUT2D eigenvalue weighted by Gasteiger charge is -2.35. The molecule has 9 heteroatoms. The van der Waals surface area contributed by atoms with Crippen LogP contribution in [0, 0.1) is 0 Å². The lowest BCUT2D eigenvalue weighted by molar-refractivity contribution is -0.133. The fraction of sp³-hybridized carbons (Fsp3) is 0.114. The first-order chi connectivity index (χ1) is 21.4. The second kappa shape index (κ2) is 11.7. The molecule has 0 radical (unpaired) electrons. The highest BCUT2D eigenvalue weighted by Gasteiger charge is 2.38. The first-order valence-corrected chi connectivity index (χ1v) is 17.1. The zero-order valence-electron chi connectivity index (χ0n) is 23.9. The van der Waals surface area contributed by atoms with Crippen molar-refractivity contribution in [3.05, 3.63) is 117 Å². The van der Waals surface area contributed by atoms with E-state index in [-0.39, 0.29) is 22.5 Å². The number of thiophene rings is 3. The molecule has 0 bridgehead atoms. The Bertz CT molecular complexity index is 1990. The van der Waals surface area contributed by atoms with E-state index in [2.05, 4.69) is 54.6 Å². The van der Waals surface area contributed by atoms with E-state index in [0.29, 0.717) is 13.1 Å². The Morgan fingerprint density at radius 2 is 1.18 bits per heavy atom. The van der Waals surface area contributed by atoms with Crippen molar-refractivity contribution in [3.8, 4) is 0 Å². The van der Waals surface area contributed by atoms with E-state index in [1.165, 1.54) is 23.9 Å². The molecule has 0 saturated carbocycles. The average molecular weight is 651 g/mol. The van der Waals surface area contributed by atoms with Gasteiger partial charge in [-0.05, 0) is 68.1 Å². The monoisotopic (exact) mass is 650 g/mol. The highest BCUT2D eigenvalue weighted by atomic mass is 32.1. The van der Waals surface area contributed by atoms with E-state index < -0.39 is 0 Å². The summed E-state index contributed by atoms with van der Waals surface area (Å²) in [5.41, 5.74) is 3.26. The number of hydrogen-bond acceptors (Lipinski definition) is 7. The summed E-state index contributed by atoms with van der Waals surface area (Å²) in [4.78, 5) is 31.3. The number of thiocarbonyl (C=S) groups is 1. The molecule has 2 aliphatic rings. The van der Waals surface area contributed by atoms with E-state index in [0.717, 1.165) is 42.7 Å². The minimum atomic E-state index is -0.332. The molecule has 2 amide bonds. The fourth-order valence-corrected chi connectivity index (χ4v) is 9.67. The Hall–Kier alpha value is -4.15. The van der Waals surface area contributed by atoms with Gasteiger partial charge in [-0.25, -0.2) is 0 Å². The fourth-order valence-electron chi connectivity index (χ4n) is 5.30. The van der Waals surface area contributed by atoms with Crippen molar-refractivity contribution in [2.45, 2.75) is 13.8 Å². The van der Waals surface area contributed by atoms with Gasteiger partial charge in [0.2, 0.25) is 0 Å². The van der Waals surface area contributed by atoms with E-state index in [1.807, 2.05) is 50.2 Å². The van der Waals surface area contributed by atoms with Crippen molar-refractivity contribution in [1.82, 2.24) is 9.80 Å². The van der Waals surface area contributed by atoms with Gasteiger partial charge < -0.3 is 4.74 Å². The van der Waals surface area contributed by atoms with Gasteiger partial charge in [0.25, 0.3) is 11.8 Å². The molecule has 3 aromatic heterocycles. The molecule has 5 heterocycles. The van der Waals surface area contributed by atoms with Crippen molar-refractivity contribution in [2.24, 2.45) is 0 Å². The van der Waals surface area contributed by atoms with Crippen molar-refractivity contribution >= 4 is 106 Å². The molecule has 218 valence electrons. The molecule has 0 N–H and O–H groups in total. The third-order valence-corrected chi connectivity index (χ3v) is 11.5. The Morgan fingerprint density at radius 1 is 0.705 bits per heavy atom. The Kier molecular flexibility index (Phi) is 7.63. The van der Waals surface area contributed by atoms with Gasteiger partial charge in [-0.1, -0.05) is 60.7 Å². The van der Waals surface area contributed by atoms with E-state index in [9.17, 15) is 9.59 Å². The van der Waals surface area contributed by atoms with Gasteiger partial charge in [0.15, 0.2) is 5.11 Å². The first-order valence-electron chi connectivity index (χ1n) is 14.2. The lowest BCUT2D eigenvalue weighted by Crippen LogP contribution is -2.55. The van der Waals surface area contributed by atoms with Gasteiger partial charge in [0.1, 0.15) is 17.1 Å². The number of carbonyl (C=O) groups is 2. The van der Waals surface area contributed by atoms with Crippen LogP contribution in [-0.2, 0) is 14.3 Å². The van der Waals surface area contributed by atoms with Crippen molar-refractivity contribution in [3.63, 3.8) is 0 Å². The van der Waals surface area contributed by atoms with Crippen LogP contribution < -0.4 is 0 Å². The molecule has 2 aliphatic heterocycles. The number of rotatable bonds is 6. The summed E-state index contributed by atoms with van der Waals surface area (Å²) >= 11 is 10.5. The Labute approximate surface area is 272 Å². The zero-order valence-corrected chi connectivity index (χ0v) is 27.2. The minimum Gasteiger partial charge on any atom is -0.456 e. The van der Waals surface area contributed by atoms with Gasteiger partial charge >= 0.3 is 0 Å². The van der Waals surface area contributed by atoms with Crippen LogP contribution in [0.5, 0.6) is 0 Å². The number of nitrogens with zero attached hydrogens (tertiary/aromatic N) is 2. The number of amides is 2. The third kappa shape index (κ3) is 5.16. The number of fused-ring (bicyclic) bond motifs is 3. The highest BCUT2D eigenvalue weighted by molar-refractivity contribution is 7.80. The molecule has 5 nitrogen and oxygen atoms in total. The largest absolute Gasteiger partial charge is 0.456 e. The number of likely N-dealkylation sites (N-methyl/N-ethyl adjacent to an activating group) is 2. The van der Waals surface area contributed by atoms with Crippen LogP contribution in [0.1, 0.15) is 34.7 Å². The summed E-state index contributed by atoms with van der Waals surface area (Å²) in [7, 11) is 0. The Balaban J connectivity index is 1.25. The lowest BCUT2D eigenvalue weighted by atomic mass is 10.0. The highest BCUT2D eigenvalue weighted by Crippen LogP contribution is 2.45. The first kappa shape index (κ1) is 28.6. The molecule has 2 aromatic carbocycles. The summed E-state index contributed by atoms with van der Waals surface area (Å²) in [6, 6.07) is 24.6. The molecule has 0 atom stereocenters. The van der Waals surface area contributed by atoms with Crippen molar-refractivity contribution in [1.29, 1.82) is 0 Å². The van der Waals surface area contributed by atoms with Crippen LogP contribution in [0.2, 0.25) is 0 Å². The minimum absolute atomic E-state index is 0.158. The maximum absolute atomic E-state index is 13.1. The summed E-state index contributed by atoms with van der Waals surface area (Å²) in [5.74, 6) is 0.958. The maximum atomic E-state index is 13.1. The average Bonchev–Trinajstić information content (AvgIpc) is 3.71. The quantitative estimate of drug-likeness (QED) is 0.105. The SMILES string of the molecule is CCN1C(=O)C(=Cc2cc3sc4cc(C=C5C=C(c6ccccc6)OC(c6ccccc6)=C5)sc4c3s2)C(=O)N(CC)C1=S. The smallest absolute Gasteiger partial charge is 0.265 e.